The van der Waals surface area contributed by atoms with Gasteiger partial charge in [-0.25, -0.2) is 9.69 Å². The number of hydrogen-bond acceptors (Lipinski definition) is 3. The van der Waals surface area contributed by atoms with Crippen LogP contribution in [0.3, 0.4) is 0 Å². The van der Waals surface area contributed by atoms with Crippen molar-refractivity contribution in [3.63, 3.8) is 0 Å². The molecule has 1 aromatic rings. The first-order chi connectivity index (χ1) is 9.29. The van der Waals surface area contributed by atoms with E-state index in [9.17, 15) is 22.8 Å². The highest BCUT2D eigenvalue weighted by Gasteiger charge is 2.36. The van der Waals surface area contributed by atoms with E-state index in [2.05, 4.69) is 4.98 Å². The van der Waals surface area contributed by atoms with Gasteiger partial charge in [0.25, 0.3) is 0 Å². The Morgan fingerprint density at radius 3 is 2.65 bits per heavy atom. The molecule has 2 amide bonds. The minimum Gasteiger partial charge on any atom is -0.465 e. The van der Waals surface area contributed by atoms with Gasteiger partial charge in [-0.3, -0.25) is 9.78 Å². The molecule has 0 spiro atoms. The quantitative estimate of drug-likeness (QED) is 0.906. The average Bonchev–Trinajstić information content (AvgIpc) is 2.70. The molecule has 20 heavy (non-hydrogen) atoms. The number of amides is 2. The summed E-state index contributed by atoms with van der Waals surface area (Å²) < 4.78 is 37.1. The van der Waals surface area contributed by atoms with Gasteiger partial charge >= 0.3 is 12.3 Å². The lowest BCUT2D eigenvalue weighted by Crippen LogP contribution is -2.38. The van der Waals surface area contributed by atoms with E-state index in [4.69, 9.17) is 5.11 Å². The highest BCUT2D eigenvalue weighted by molar-refractivity contribution is 5.93. The normalized spacial score (nSPS) is 19.4. The Kier molecular flexibility index (Phi) is 3.65. The van der Waals surface area contributed by atoms with E-state index in [0.717, 1.165) is 17.2 Å². The van der Waals surface area contributed by atoms with Crippen molar-refractivity contribution in [2.45, 2.75) is 31.5 Å². The second kappa shape index (κ2) is 5.10. The molecule has 5 nitrogen and oxygen atoms in total. The SMILES string of the molecule is O=C(O)N1C(=O)CCC1Cc1ccc(C(F)(F)F)nc1. The number of nitrogens with zero attached hydrogens (tertiary/aromatic N) is 2. The standard InChI is InChI=1S/C12H11F3N2O3/c13-12(14,15)9-3-1-7(6-16-9)5-8-2-4-10(18)17(8)11(19)20/h1,3,6,8H,2,4-5H2,(H,19,20). The van der Waals surface area contributed by atoms with Crippen LogP contribution in [0.5, 0.6) is 0 Å². The number of pyridine rings is 1. The van der Waals surface area contributed by atoms with Crippen LogP contribution >= 0.6 is 0 Å². The molecular weight excluding hydrogens is 277 g/mol. The van der Waals surface area contributed by atoms with Crippen LogP contribution in [0, 0.1) is 0 Å². The van der Waals surface area contributed by atoms with Crippen molar-refractivity contribution in [2.24, 2.45) is 0 Å². The lowest BCUT2D eigenvalue weighted by atomic mass is 10.1. The van der Waals surface area contributed by atoms with Gasteiger partial charge in [-0.05, 0) is 24.5 Å². The molecule has 0 aliphatic carbocycles. The first kappa shape index (κ1) is 14.3. The van der Waals surface area contributed by atoms with Gasteiger partial charge in [-0.2, -0.15) is 13.2 Å². The number of alkyl halides is 3. The second-order valence-corrected chi connectivity index (χ2v) is 4.49. The number of rotatable bonds is 2. The van der Waals surface area contributed by atoms with Gasteiger partial charge in [0.2, 0.25) is 5.91 Å². The number of carboxylic acid groups (broad SMARTS) is 1. The fourth-order valence-electron chi connectivity index (χ4n) is 2.18. The molecule has 1 aliphatic rings. The minimum atomic E-state index is -4.51. The van der Waals surface area contributed by atoms with Crippen LogP contribution < -0.4 is 0 Å². The molecule has 8 heteroatoms. The third-order valence-electron chi connectivity index (χ3n) is 3.12. The largest absolute Gasteiger partial charge is 0.465 e. The number of likely N-dealkylation sites (tertiary alicyclic amines) is 1. The van der Waals surface area contributed by atoms with Crippen LogP contribution in [0.25, 0.3) is 0 Å². The zero-order valence-corrected chi connectivity index (χ0v) is 10.2. The molecule has 1 fully saturated rings. The number of carbonyl (C=O) groups excluding carboxylic acids is 1. The molecule has 1 unspecified atom stereocenters. The highest BCUT2D eigenvalue weighted by atomic mass is 19.4. The van der Waals surface area contributed by atoms with E-state index in [1.807, 2.05) is 0 Å². The highest BCUT2D eigenvalue weighted by Crippen LogP contribution is 2.28. The molecule has 1 N–H and O–H groups in total. The number of hydrogen-bond donors (Lipinski definition) is 1. The Hall–Kier alpha value is -2.12. The zero-order valence-electron chi connectivity index (χ0n) is 10.2. The molecule has 2 heterocycles. The Balaban J connectivity index is 2.11. The Labute approximate surface area is 112 Å². The topological polar surface area (TPSA) is 70.5 Å². The molecule has 1 aliphatic heterocycles. The van der Waals surface area contributed by atoms with Gasteiger partial charge < -0.3 is 5.11 Å². The summed E-state index contributed by atoms with van der Waals surface area (Å²) in [5.74, 6) is -0.484. The van der Waals surface area contributed by atoms with Gasteiger partial charge in [0.05, 0.1) is 0 Å². The van der Waals surface area contributed by atoms with Gasteiger partial charge in [0.1, 0.15) is 5.69 Å². The van der Waals surface area contributed by atoms with E-state index in [1.54, 1.807) is 0 Å². The number of imide groups is 1. The summed E-state index contributed by atoms with van der Waals surface area (Å²) in [5, 5.41) is 8.92. The molecule has 1 atom stereocenters. The molecule has 0 radical (unpaired) electrons. The summed E-state index contributed by atoms with van der Waals surface area (Å²) >= 11 is 0. The molecule has 0 saturated carbocycles. The van der Waals surface area contributed by atoms with Crippen molar-refractivity contribution in [3.8, 4) is 0 Å². The molecule has 1 saturated heterocycles. The molecule has 2 rings (SSSR count). The second-order valence-electron chi connectivity index (χ2n) is 4.49. The zero-order chi connectivity index (χ0) is 14.9. The van der Waals surface area contributed by atoms with Crippen LogP contribution in [0.2, 0.25) is 0 Å². The first-order valence-corrected chi connectivity index (χ1v) is 5.86. The smallest absolute Gasteiger partial charge is 0.433 e. The molecule has 108 valence electrons. The van der Waals surface area contributed by atoms with Crippen molar-refractivity contribution >= 4 is 12.0 Å². The Morgan fingerprint density at radius 2 is 2.15 bits per heavy atom. The van der Waals surface area contributed by atoms with Crippen LogP contribution in [0.4, 0.5) is 18.0 Å². The maximum absolute atomic E-state index is 12.4. The molecule has 1 aromatic heterocycles. The van der Waals surface area contributed by atoms with Crippen molar-refractivity contribution < 1.29 is 27.9 Å². The lowest BCUT2D eigenvalue weighted by molar-refractivity contribution is -0.141. The van der Waals surface area contributed by atoms with Crippen molar-refractivity contribution in [1.29, 1.82) is 0 Å². The van der Waals surface area contributed by atoms with E-state index < -0.39 is 29.9 Å². The van der Waals surface area contributed by atoms with Crippen LogP contribution in [-0.4, -0.2) is 33.0 Å². The van der Waals surface area contributed by atoms with Crippen LogP contribution in [0.1, 0.15) is 24.1 Å². The number of halogens is 3. The molecule has 0 bridgehead atoms. The fourth-order valence-corrected chi connectivity index (χ4v) is 2.18. The monoisotopic (exact) mass is 288 g/mol. The average molecular weight is 288 g/mol. The first-order valence-electron chi connectivity index (χ1n) is 5.86. The van der Waals surface area contributed by atoms with Crippen LogP contribution in [0.15, 0.2) is 18.3 Å². The summed E-state index contributed by atoms with van der Waals surface area (Å²) in [5.41, 5.74) is -0.539. The minimum absolute atomic E-state index is 0.130. The van der Waals surface area contributed by atoms with Gasteiger partial charge in [-0.1, -0.05) is 6.07 Å². The van der Waals surface area contributed by atoms with Crippen molar-refractivity contribution in [1.82, 2.24) is 9.88 Å². The van der Waals surface area contributed by atoms with E-state index in [0.29, 0.717) is 12.0 Å². The lowest BCUT2D eigenvalue weighted by Gasteiger charge is -2.19. The van der Waals surface area contributed by atoms with E-state index in [-0.39, 0.29) is 12.8 Å². The maximum atomic E-state index is 12.4. The maximum Gasteiger partial charge on any atom is 0.433 e. The van der Waals surface area contributed by atoms with Crippen LogP contribution in [-0.2, 0) is 17.4 Å². The number of aromatic nitrogens is 1. The van der Waals surface area contributed by atoms with Gasteiger partial charge in [0, 0.05) is 18.7 Å². The molecular formula is C12H11F3N2O3. The summed E-state index contributed by atoms with van der Waals surface area (Å²) in [6.45, 7) is 0. The molecule has 0 aromatic carbocycles. The van der Waals surface area contributed by atoms with E-state index in [1.165, 1.54) is 6.07 Å². The van der Waals surface area contributed by atoms with Crippen molar-refractivity contribution in [3.05, 3.63) is 29.6 Å². The van der Waals surface area contributed by atoms with Gasteiger partial charge in [-0.15, -0.1) is 0 Å². The third-order valence-corrected chi connectivity index (χ3v) is 3.12. The summed E-state index contributed by atoms with van der Waals surface area (Å²) in [4.78, 5) is 26.4. The van der Waals surface area contributed by atoms with Gasteiger partial charge in [0.15, 0.2) is 0 Å². The predicted octanol–water partition coefficient (Wildman–Crippen LogP) is 2.31. The number of carbonyl (C=O) groups is 2. The summed E-state index contributed by atoms with van der Waals surface area (Å²) in [6.07, 6.45) is -4.11. The summed E-state index contributed by atoms with van der Waals surface area (Å²) in [6, 6.07) is 1.55. The van der Waals surface area contributed by atoms with E-state index >= 15 is 0 Å². The van der Waals surface area contributed by atoms with Crippen molar-refractivity contribution in [2.75, 3.05) is 0 Å². The Morgan fingerprint density at radius 1 is 1.45 bits per heavy atom. The Bertz CT molecular complexity index is 528. The summed E-state index contributed by atoms with van der Waals surface area (Å²) in [7, 11) is 0. The third kappa shape index (κ3) is 2.89. The predicted molar refractivity (Wildman–Crippen MR) is 60.8 cm³/mol. The fraction of sp³-hybridized carbons (Fsp3) is 0.417.